The van der Waals surface area contributed by atoms with Crippen molar-refractivity contribution in [1.82, 2.24) is 9.21 Å². The first-order valence-electron chi connectivity index (χ1n) is 9.24. The summed E-state index contributed by atoms with van der Waals surface area (Å²) in [6.45, 7) is 2.83. The van der Waals surface area contributed by atoms with Crippen LogP contribution in [0.3, 0.4) is 0 Å². The number of rotatable bonds is 6. The van der Waals surface area contributed by atoms with Gasteiger partial charge in [0.05, 0.1) is 15.9 Å². The summed E-state index contributed by atoms with van der Waals surface area (Å²) in [4.78, 5) is 25.1. The van der Waals surface area contributed by atoms with E-state index in [1.165, 1.54) is 34.6 Å². The average molecular weight is 453 g/mol. The summed E-state index contributed by atoms with van der Waals surface area (Å²) in [5.41, 5.74) is -0.0583. The van der Waals surface area contributed by atoms with Crippen LogP contribution in [0.25, 0.3) is 0 Å². The van der Waals surface area contributed by atoms with Gasteiger partial charge in [-0.3, -0.25) is 19.8 Å². The average Bonchev–Trinajstić information content (AvgIpc) is 2.73. The Bertz CT molecular complexity index is 1050. The molecule has 1 saturated heterocycles. The van der Waals surface area contributed by atoms with Gasteiger partial charge in [0.25, 0.3) is 5.69 Å². The van der Waals surface area contributed by atoms with Crippen LogP contribution in [-0.2, 0) is 14.8 Å². The van der Waals surface area contributed by atoms with Crippen molar-refractivity contribution in [2.24, 2.45) is 0 Å². The Labute approximate surface area is 179 Å². The SMILES string of the molecule is CC(C(=O)Nc1ccccc1[N+](=O)[O-])N1CCN(S(=O)(=O)c2cccc(Cl)c2)CC1. The van der Waals surface area contributed by atoms with Crippen LogP contribution in [-0.4, -0.2) is 60.7 Å². The van der Waals surface area contributed by atoms with Gasteiger partial charge in [-0.25, -0.2) is 8.42 Å². The van der Waals surface area contributed by atoms with E-state index in [2.05, 4.69) is 5.32 Å². The number of benzene rings is 2. The van der Waals surface area contributed by atoms with Gasteiger partial charge in [0.15, 0.2) is 0 Å². The molecule has 1 heterocycles. The number of anilines is 1. The quantitative estimate of drug-likeness (QED) is 0.532. The van der Waals surface area contributed by atoms with Gasteiger partial charge in [-0.05, 0) is 31.2 Å². The molecule has 0 saturated carbocycles. The Morgan fingerprint density at radius 1 is 1.13 bits per heavy atom. The van der Waals surface area contributed by atoms with Crippen LogP contribution in [0.15, 0.2) is 53.4 Å². The van der Waals surface area contributed by atoms with Gasteiger partial charge in [-0.15, -0.1) is 0 Å². The highest BCUT2D eigenvalue weighted by molar-refractivity contribution is 7.89. The summed E-state index contributed by atoms with van der Waals surface area (Å²) >= 11 is 5.91. The monoisotopic (exact) mass is 452 g/mol. The molecule has 1 fully saturated rings. The first kappa shape index (κ1) is 22.2. The lowest BCUT2D eigenvalue weighted by molar-refractivity contribution is -0.383. The molecule has 1 N–H and O–H groups in total. The van der Waals surface area contributed by atoms with Crippen LogP contribution in [0.5, 0.6) is 0 Å². The number of carbonyl (C=O) groups excluding carboxylic acids is 1. The van der Waals surface area contributed by atoms with E-state index in [0.29, 0.717) is 18.1 Å². The van der Waals surface area contributed by atoms with E-state index in [9.17, 15) is 23.3 Å². The zero-order valence-electron chi connectivity index (χ0n) is 16.2. The Balaban J connectivity index is 1.63. The second kappa shape index (κ2) is 9.09. The molecule has 1 amide bonds. The number of halogens is 1. The highest BCUT2D eigenvalue weighted by Gasteiger charge is 2.32. The van der Waals surface area contributed by atoms with Crippen molar-refractivity contribution in [3.8, 4) is 0 Å². The summed E-state index contributed by atoms with van der Waals surface area (Å²) in [6, 6.07) is 11.4. The third-order valence-corrected chi connectivity index (χ3v) is 7.12. The number of nitro benzene ring substituents is 1. The molecule has 30 heavy (non-hydrogen) atoms. The largest absolute Gasteiger partial charge is 0.319 e. The van der Waals surface area contributed by atoms with Gasteiger partial charge in [0.2, 0.25) is 15.9 Å². The van der Waals surface area contributed by atoms with Crippen molar-refractivity contribution >= 4 is 38.9 Å². The predicted octanol–water partition coefficient (Wildman–Crippen LogP) is 2.58. The Kier molecular flexibility index (Phi) is 6.71. The second-order valence-corrected chi connectivity index (χ2v) is 9.21. The van der Waals surface area contributed by atoms with E-state index in [1.807, 2.05) is 4.90 Å². The number of nitro groups is 1. The van der Waals surface area contributed by atoms with E-state index in [4.69, 9.17) is 11.6 Å². The number of nitrogens with zero attached hydrogens (tertiary/aromatic N) is 3. The van der Waals surface area contributed by atoms with Gasteiger partial charge in [-0.2, -0.15) is 4.31 Å². The van der Waals surface area contributed by atoms with Gasteiger partial charge >= 0.3 is 0 Å². The van der Waals surface area contributed by atoms with E-state index in [-0.39, 0.29) is 29.4 Å². The molecule has 0 aliphatic carbocycles. The van der Waals surface area contributed by atoms with Crippen molar-refractivity contribution in [3.63, 3.8) is 0 Å². The van der Waals surface area contributed by atoms with Gasteiger partial charge in [-0.1, -0.05) is 29.8 Å². The van der Waals surface area contributed by atoms with Crippen LogP contribution in [0, 0.1) is 10.1 Å². The summed E-state index contributed by atoms with van der Waals surface area (Å²) in [7, 11) is -3.67. The second-order valence-electron chi connectivity index (χ2n) is 6.84. The van der Waals surface area contributed by atoms with Crippen molar-refractivity contribution < 1.29 is 18.1 Å². The normalized spacial score (nSPS) is 16.7. The lowest BCUT2D eigenvalue weighted by Gasteiger charge is -2.36. The van der Waals surface area contributed by atoms with Crippen LogP contribution in [0.4, 0.5) is 11.4 Å². The van der Waals surface area contributed by atoms with Gasteiger partial charge in [0, 0.05) is 37.3 Å². The van der Waals surface area contributed by atoms with Gasteiger partial charge < -0.3 is 5.32 Å². The summed E-state index contributed by atoms with van der Waals surface area (Å²) < 4.78 is 27.0. The van der Waals surface area contributed by atoms with E-state index in [1.54, 1.807) is 25.1 Å². The number of nitrogens with one attached hydrogen (secondary N) is 1. The standard InChI is InChI=1S/C19H21ClN4O5S/c1-14(19(25)21-17-7-2-3-8-18(17)24(26)27)22-9-11-23(12-10-22)30(28,29)16-6-4-5-15(20)13-16/h2-8,13-14H,9-12H2,1H3,(H,21,25). The first-order chi connectivity index (χ1) is 14.2. The maximum atomic E-state index is 12.8. The van der Waals surface area contributed by atoms with Crippen LogP contribution < -0.4 is 5.32 Å². The third kappa shape index (κ3) is 4.78. The highest BCUT2D eigenvalue weighted by atomic mass is 35.5. The van der Waals surface area contributed by atoms with Crippen molar-refractivity contribution in [3.05, 3.63) is 63.7 Å². The molecule has 3 rings (SSSR count). The number of amides is 1. The fourth-order valence-corrected chi connectivity index (χ4v) is 4.97. The van der Waals surface area contributed by atoms with Crippen LogP contribution in [0.1, 0.15) is 6.92 Å². The minimum Gasteiger partial charge on any atom is -0.319 e. The zero-order chi connectivity index (χ0) is 21.9. The molecule has 2 aromatic carbocycles. The lowest BCUT2D eigenvalue weighted by Crippen LogP contribution is -2.53. The van der Waals surface area contributed by atoms with Gasteiger partial charge in [0.1, 0.15) is 5.69 Å². The van der Waals surface area contributed by atoms with Crippen molar-refractivity contribution in [2.75, 3.05) is 31.5 Å². The molecule has 0 spiro atoms. The molecule has 160 valence electrons. The van der Waals surface area contributed by atoms with E-state index in [0.717, 1.165) is 0 Å². The molecule has 0 radical (unpaired) electrons. The topological polar surface area (TPSA) is 113 Å². The number of para-hydroxylation sites is 2. The van der Waals surface area contributed by atoms with E-state index < -0.39 is 26.9 Å². The maximum absolute atomic E-state index is 12.8. The third-order valence-electron chi connectivity index (χ3n) is 4.99. The summed E-state index contributed by atoms with van der Waals surface area (Å²) in [5, 5.41) is 14.1. The van der Waals surface area contributed by atoms with Crippen molar-refractivity contribution in [2.45, 2.75) is 17.9 Å². The molecule has 1 atom stereocenters. The fraction of sp³-hybridized carbons (Fsp3) is 0.316. The Morgan fingerprint density at radius 3 is 2.43 bits per heavy atom. The lowest BCUT2D eigenvalue weighted by atomic mass is 10.2. The molecule has 1 aliphatic rings. The number of carbonyl (C=O) groups is 1. The minimum atomic E-state index is -3.67. The smallest absolute Gasteiger partial charge is 0.292 e. The molecule has 11 heteroatoms. The number of piperazine rings is 1. The predicted molar refractivity (Wildman–Crippen MR) is 113 cm³/mol. The summed E-state index contributed by atoms with van der Waals surface area (Å²) in [5.74, 6) is -0.393. The fourth-order valence-electron chi connectivity index (χ4n) is 3.25. The highest BCUT2D eigenvalue weighted by Crippen LogP contribution is 2.24. The summed E-state index contributed by atoms with van der Waals surface area (Å²) in [6.07, 6.45) is 0. The molecule has 1 unspecified atom stereocenters. The maximum Gasteiger partial charge on any atom is 0.292 e. The van der Waals surface area contributed by atoms with Crippen molar-refractivity contribution in [1.29, 1.82) is 0 Å². The molecule has 0 bridgehead atoms. The van der Waals surface area contributed by atoms with Crippen LogP contribution >= 0.6 is 11.6 Å². The minimum absolute atomic E-state index is 0.126. The first-order valence-corrected chi connectivity index (χ1v) is 11.1. The number of hydrogen-bond acceptors (Lipinski definition) is 6. The molecule has 0 aromatic heterocycles. The molecular formula is C19H21ClN4O5S. The number of sulfonamides is 1. The number of hydrogen-bond donors (Lipinski definition) is 1. The molecule has 1 aliphatic heterocycles. The molecule has 2 aromatic rings. The van der Waals surface area contributed by atoms with E-state index >= 15 is 0 Å². The zero-order valence-corrected chi connectivity index (χ0v) is 17.8. The molecular weight excluding hydrogens is 432 g/mol. The molecule has 9 nitrogen and oxygen atoms in total. The Morgan fingerprint density at radius 2 is 1.80 bits per heavy atom. The Hall–Kier alpha value is -2.53. The van der Waals surface area contributed by atoms with Crippen LogP contribution in [0.2, 0.25) is 5.02 Å².